The second-order valence-corrected chi connectivity index (χ2v) is 3.07. The van der Waals surface area contributed by atoms with E-state index < -0.39 is 41.6 Å². The Bertz CT molecular complexity index is 529. The van der Waals surface area contributed by atoms with Crippen LogP contribution in [0.1, 0.15) is 17.6 Å². The summed E-state index contributed by atoms with van der Waals surface area (Å²) in [5.74, 6) is -1.54. The average Bonchev–Trinajstić information content (AvgIpc) is 2.21. The number of ether oxygens (including phenoxy) is 1. The summed E-state index contributed by atoms with van der Waals surface area (Å²) in [5, 5.41) is 8.37. The van der Waals surface area contributed by atoms with Crippen LogP contribution in [-0.4, -0.2) is 11.3 Å². The van der Waals surface area contributed by atoms with E-state index in [1.807, 2.05) is 0 Å². The van der Waals surface area contributed by atoms with Gasteiger partial charge in [0.2, 0.25) is 5.75 Å². The lowest BCUT2D eigenvalue weighted by molar-refractivity contribution is -0.275. The molecule has 0 bridgehead atoms. The maximum atomic E-state index is 12.7. The Labute approximate surface area is 96.6 Å². The molecule has 0 saturated carbocycles. The molecule has 0 fully saturated rings. The highest BCUT2D eigenvalue weighted by atomic mass is 19.4. The Hall–Kier alpha value is -2.11. The first-order valence-corrected chi connectivity index (χ1v) is 4.41. The standard InChI is InChI=1S/C9H5F5N2O2/c10-7(11)5-4(1-2-15)3-16-8(17)6(5)18-9(12,13)14/h3,7H,1H2,(H,16,17). The van der Waals surface area contributed by atoms with E-state index in [-0.39, 0.29) is 0 Å². The highest BCUT2D eigenvalue weighted by molar-refractivity contribution is 5.39. The Morgan fingerprint density at radius 2 is 2.06 bits per heavy atom. The smallest absolute Gasteiger partial charge is 0.399 e. The van der Waals surface area contributed by atoms with Crippen LogP contribution in [0.5, 0.6) is 5.75 Å². The second-order valence-electron chi connectivity index (χ2n) is 3.07. The van der Waals surface area contributed by atoms with Crippen molar-refractivity contribution in [1.29, 1.82) is 5.26 Å². The quantitative estimate of drug-likeness (QED) is 0.855. The molecule has 9 heteroatoms. The molecule has 1 aromatic rings. The van der Waals surface area contributed by atoms with Crippen LogP contribution in [0.3, 0.4) is 0 Å². The third-order valence-corrected chi connectivity index (χ3v) is 1.88. The van der Waals surface area contributed by atoms with Gasteiger partial charge >= 0.3 is 6.36 Å². The van der Waals surface area contributed by atoms with Gasteiger partial charge in [0.05, 0.1) is 18.1 Å². The lowest BCUT2D eigenvalue weighted by atomic mass is 10.1. The number of nitrogens with zero attached hydrogens (tertiary/aromatic N) is 1. The molecule has 1 heterocycles. The number of hydrogen-bond donors (Lipinski definition) is 1. The molecule has 0 aromatic carbocycles. The van der Waals surface area contributed by atoms with E-state index >= 15 is 0 Å². The minimum absolute atomic E-state index is 0.425. The fourth-order valence-electron chi connectivity index (χ4n) is 1.25. The summed E-state index contributed by atoms with van der Waals surface area (Å²) in [5.41, 5.74) is -3.09. The molecule has 0 aliphatic rings. The number of nitriles is 1. The van der Waals surface area contributed by atoms with E-state index in [1.54, 1.807) is 4.98 Å². The highest BCUT2D eigenvalue weighted by Crippen LogP contribution is 2.32. The molecular weight excluding hydrogens is 263 g/mol. The maximum absolute atomic E-state index is 12.7. The van der Waals surface area contributed by atoms with E-state index in [9.17, 15) is 26.7 Å². The Balaban J connectivity index is 3.42. The molecule has 0 saturated heterocycles. The molecule has 1 aromatic heterocycles. The number of aromatic amines is 1. The van der Waals surface area contributed by atoms with Crippen LogP contribution in [0.2, 0.25) is 0 Å². The van der Waals surface area contributed by atoms with Gasteiger partial charge in [0.25, 0.3) is 12.0 Å². The van der Waals surface area contributed by atoms with Gasteiger partial charge in [0, 0.05) is 6.20 Å². The fourth-order valence-corrected chi connectivity index (χ4v) is 1.25. The first kappa shape index (κ1) is 14.0. The molecular formula is C9H5F5N2O2. The summed E-state index contributed by atoms with van der Waals surface area (Å²) in [7, 11) is 0. The topological polar surface area (TPSA) is 65.9 Å². The minimum Gasteiger partial charge on any atom is -0.399 e. The molecule has 0 spiro atoms. The van der Waals surface area contributed by atoms with Crippen molar-refractivity contribution >= 4 is 0 Å². The number of halogens is 5. The molecule has 0 atom stereocenters. The van der Waals surface area contributed by atoms with Gasteiger partial charge in [-0.3, -0.25) is 4.79 Å². The molecule has 0 radical (unpaired) electrons. The lowest BCUT2D eigenvalue weighted by Gasteiger charge is -2.13. The molecule has 1 N–H and O–H groups in total. The molecule has 0 unspecified atom stereocenters. The van der Waals surface area contributed by atoms with Gasteiger partial charge in [-0.05, 0) is 5.56 Å². The van der Waals surface area contributed by atoms with Crippen LogP contribution in [0.4, 0.5) is 22.0 Å². The first-order valence-electron chi connectivity index (χ1n) is 4.41. The number of aromatic nitrogens is 1. The van der Waals surface area contributed by atoms with Crippen LogP contribution in [-0.2, 0) is 6.42 Å². The van der Waals surface area contributed by atoms with E-state index in [0.29, 0.717) is 0 Å². The minimum atomic E-state index is -5.28. The van der Waals surface area contributed by atoms with Gasteiger partial charge in [-0.1, -0.05) is 0 Å². The Kier molecular flexibility index (Phi) is 3.90. The predicted octanol–water partition coefficient (Wildman–Crippen LogP) is 2.28. The summed E-state index contributed by atoms with van der Waals surface area (Å²) in [6, 6.07) is 1.50. The second kappa shape index (κ2) is 5.03. The fraction of sp³-hybridized carbons (Fsp3) is 0.333. The zero-order valence-electron chi connectivity index (χ0n) is 8.52. The van der Waals surface area contributed by atoms with Crippen LogP contribution in [0.25, 0.3) is 0 Å². The van der Waals surface area contributed by atoms with Gasteiger partial charge < -0.3 is 9.72 Å². The average molecular weight is 268 g/mol. The van der Waals surface area contributed by atoms with Crippen molar-refractivity contribution in [1.82, 2.24) is 4.98 Å². The van der Waals surface area contributed by atoms with Crippen LogP contribution in [0.15, 0.2) is 11.0 Å². The Morgan fingerprint density at radius 1 is 1.44 bits per heavy atom. The summed E-state index contributed by atoms with van der Waals surface area (Å²) in [6.45, 7) is 0. The van der Waals surface area contributed by atoms with E-state index in [1.165, 1.54) is 6.07 Å². The van der Waals surface area contributed by atoms with E-state index in [2.05, 4.69) is 4.74 Å². The zero-order chi connectivity index (χ0) is 13.9. The third-order valence-electron chi connectivity index (χ3n) is 1.88. The first-order chi connectivity index (χ1) is 8.26. The van der Waals surface area contributed by atoms with Crippen molar-refractivity contribution in [3.63, 3.8) is 0 Å². The lowest BCUT2D eigenvalue weighted by Crippen LogP contribution is -2.25. The normalized spacial score (nSPS) is 11.4. The van der Waals surface area contributed by atoms with Crippen molar-refractivity contribution in [2.45, 2.75) is 19.2 Å². The van der Waals surface area contributed by atoms with Crippen LogP contribution >= 0.6 is 0 Å². The molecule has 0 amide bonds. The van der Waals surface area contributed by atoms with Gasteiger partial charge in [0.1, 0.15) is 0 Å². The maximum Gasteiger partial charge on any atom is 0.573 e. The summed E-state index contributed by atoms with van der Waals surface area (Å²) < 4.78 is 64.6. The largest absolute Gasteiger partial charge is 0.573 e. The van der Waals surface area contributed by atoms with Crippen LogP contribution < -0.4 is 10.3 Å². The van der Waals surface area contributed by atoms with Gasteiger partial charge in [-0.15, -0.1) is 13.2 Å². The number of nitrogens with one attached hydrogen (secondary N) is 1. The van der Waals surface area contributed by atoms with Gasteiger partial charge in [0.15, 0.2) is 0 Å². The number of alkyl halides is 5. The van der Waals surface area contributed by atoms with Gasteiger partial charge in [-0.2, -0.15) is 5.26 Å². The number of hydrogen-bond acceptors (Lipinski definition) is 3. The SMILES string of the molecule is N#CCc1c[nH]c(=O)c(OC(F)(F)F)c1C(F)F. The highest BCUT2D eigenvalue weighted by Gasteiger charge is 2.35. The summed E-state index contributed by atoms with van der Waals surface area (Å²) >= 11 is 0. The Morgan fingerprint density at radius 3 is 2.50 bits per heavy atom. The molecule has 98 valence electrons. The zero-order valence-corrected chi connectivity index (χ0v) is 8.52. The number of pyridine rings is 1. The van der Waals surface area contributed by atoms with Crippen LogP contribution in [0, 0.1) is 11.3 Å². The van der Waals surface area contributed by atoms with Crippen molar-refractivity contribution < 1.29 is 26.7 Å². The van der Waals surface area contributed by atoms with E-state index in [4.69, 9.17) is 5.26 Å². The van der Waals surface area contributed by atoms with E-state index in [0.717, 1.165) is 6.20 Å². The summed E-state index contributed by atoms with van der Waals surface area (Å²) in [6.07, 6.45) is -8.46. The van der Waals surface area contributed by atoms with Crippen molar-refractivity contribution in [2.24, 2.45) is 0 Å². The molecule has 0 aliphatic carbocycles. The summed E-state index contributed by atoms with van der Waals surface area (Å²) in [4.78, 5) is 12.9. The predicted molar refractivity (Wildman–Crippen MR) is 48.0 cm³/mol. The molecule has 18 heavy (non-hydrogen) atoms. The van der Waals surface area contributed by atoms with Crippen molar-refractivity contribution in [2.75, 3.05) is 0 Å². The molecule has 0 aliphatic heterocycles. The van der Waals surface area contributed by atoms with Crippen molar-refractivity contribution in [3.05, 3.63) is 27.7 Å². The molecule has 1 rings (SSSR count). The van der Waals surface area contributed by atoms with Crippen molar-refractivity contribution in [3.8, 4) is 11.8 Å². The molecule has 4 nitrogen and oxygen atoms in total. The van der Waals surface area contributed by atoms with Gasteiger partial charge in [-0.25, -0.2) is 8.78 Å². The number of H-pyrrole nitrogens is 1. The number of rotatable bonds is 3. The third kappa shape index (κ3) is 3.19. The monoisotopic (exact) mass is 268 g/mol.